The molecule has 2 aromatic carbocycles. The number of ether oxygens (including phenoxy) is 1. The molecule has 3 rings (SSSR count). The Morgan fingerprint density at radius 1 is 1.28 bits per heavy atom. The number of thiazole rings is 1. The van der Waals surface area contributed by atoms with Crippen LogP contribution in [0.3, 0.4) is 0 Å². The number of nitrogens with zero attached hydrogens (tertiary/aromatic N) is 2. The number of benzene rings is 2. The molecule has 0 aliphatic heterocycles. The normalized spacial score (nSPS) is 11.7. The lowest BCUT2D eigenvalue weighted by atomic mass is 10.2. The molecular formula is C17H12ClFN2O3S. The van der Waals surface area contributed by atoms with E-state index in [2.05, 4.69) is 9.73 Å². The predicted octanol–water partition coefficient (Wildman–Crippen LogP) is 3.41. The maximum Gasteiger partial charge on any atom is 0.325 e. The first-order valence-electron chi connectivity index (χ1n) is 7.19. The van der Waals surface area contributed by atoms with Crippen LogP contribution in [0.15, 0.2) is 47.5 Å². The summed E-state index contributed by atoms with van der Waals surface area (Å²) >= 11 is 7.13. The van der Waals surface area contributed by atoms with Gasteiger partial charge in [0.15, 0.2) is 4.80 Å². The standard InChI is InChI=1S/C17H12ClFN2O3S/c1-24-15(22)9-21-13-7-6-10(19)8-14(13)25-17(21)20-16(23)11-4-2-3-5-12(11)18/h2-8H,9H2,1H3. The summed E-state index contributed by atoms with van der Waals surface area (Å²) in [4.78, 5) is 28.5. The van der Waals surface area contributed by atoms with Crippen LogP contribution in [0.1, 0.15) is 10.4 Å². The Morgan fingerprint density at radius 3 is 2.76 bits per heavy atom. The average Bonchev–Trinajstić information content (AvgIpc) is 2.91. The highest BCUT2D eigenvalue weighted by atomic mass is 35.5. The van der Waals surface area contributed by atoms with Crippen LogP contribution >= 0.6 is 22.9 Å². The second-order valence-corrected chi connectivity index (χ2v) is 6.47. The van der Waals surface area contributed by atoms with Crippen molar-refractivity contribution < 1.29 is 18.7 Å². The summed E-state index contributed by atoms with van der Waals surface area (Å²) in [5, 5.41) is 0.280. The zero-order chi connectivity index (χ0) is 18.0. The first-order chi connectivity index (χ1) is 12.0. The van der Waals surface area contributed by atoms with Gasteiger partial charge in [0.25, 0.3) is 5.91 Å². The monoisotopic (exact) mass is 378 g/mol. The molecule has 0 unspecified atom stereocenters. The Kier molecular flexibility index (Phi) is 4.96. The van der Waals surface area contributed by atoms with Gasteiger partial charge in [-0.15, -0.1) is 0 Å². The number of methoxy groups -OCH3 is 1. The Bertz CT molecular complexity index is 1040. The lowest BCUT2D eigenvalue weighted by Crippen LogP contribution is -2.22. The lowest BCUT2D eigenvalue weighted by molar-refractivity contribution is -0.141. The van der Waals surface area contributed by atoms with Crippen molar-refractivity contribution in [3.8, 4) is 0 Å². The number of amides is 1. The predicted molar refractivity (Wildman–Crippen MR) is 93.1 cm³/mol. The second-order valence-electron chi connectivity index (χ2n) is 5.06. The van der Waals surface area contributed by atoms with Crippen molar-refractivity contribution in [2.45, 2.75) is 6.54 Å². The van der Waals surface area contributed by atoms with Crippen molar-refractivity contribution in [1.29, 1.82) is 0 Å². The molecule has 0 N–H and O–H groups in total. The van der Waals surface area contributed by atoms with Gasteiger partial charge >= 0.3 is 5.97 Å². The number of halogens is 2. The van der Waals surface area contributed by atoms with Crippen LogP contribution in [0, 0.1) is 5.82 Å². The number of carbonyl (C=O) groups excluding carboxylic acids is 2. The molecule has 1 amide bonds. The number of carbonyl (C=O) groups is 2. The first kappa shape index (κ1) is 17.3. The molecule has 25 heavy (non-hydrogen) atoms. The molecule has 0 atom stereocenters. The lowest BCUT2D eigenvalue weighted by Gasteiger charge is -2.03. The molecule has 0 saturated heterocycles. The van der Waals surface area contributed by atoms with Crippen LogP contribution in [0.4, 0.5) is 4.39 Å². The van der Waals surface area contributed by atoms with Gasteiger partial charge in [0.05, 0.1) is 27.9 Å². The average molecular weight is 379 g/mol. The van der Waals surface area contributed by atoms with Crippen LogP contribution in [-0.2, 0) is 16.1 Å². The molecule has 0 radical (unpaired) electrons. The van der Waals surface area contributed by atoms with Gasteiger partial charge in [-0.3, -0.25) is 9.59 Å². The van der Waals surface area contributed by atoms with Crippen molar-refractivity contribution in [2.75, 3.05) is 7.11 Å². The number of hydrogen-bond acceptors (Lipinski definition) is 4. The summed E-state index contributed by atoms with van der Waals surface area (Å²) in [6.45, 7) is -0.142. The van der Waals surface area contributed by atoms with E-state index in [1.165, 1.54) is 29.9 Å². The Morgan fingerprint density at radius 2 is 2.04 bits per heavy atom. The van der Waals surface area contributed by atoms with Gasteiger partial charge in [0, 0.05) is 0 Å². The smallest absolute Gasteiger partial charge is 0.325 e. The zero-order valence-corrected chi connectivity index (χ0v) is 14.6. The molecular weight excluding hydrogens is 367 g/mol. The van der Waals surface area contributed by atoms with Crippen LogP contribution in [0.25, 0.3) is 10.2 Å². The highest BCUT2D eigenvalue weighted by Gasteiger charge is 2.14. The maximum atomic E-state index is 13.5. The van der Waals surface area contributed by atoms with Crippen molar-refractivity contribution >= 4 is 45.0 Å². The highest BCUT2D eigenvalue weighted by Crippen LogP contribution is 2.20. The number of hydrogen-bond donors (Lipinski definition) is 0. The number of aromatic nitrogens is 1. The summed E-state index contributed by atoms with van der Waals surface area (Å²) in [7, 11) is 1.27. The number of fused-ring (bicyclic) bond motifs is 1. The molecule has 1 heterocycles. The Balaban J connectivity index is 2.17. The van der Waals surface area contributed by atoms with E-state index < -0.39 is 17.7 Å². The van der Waals surface area contributed by atoms with Gasteiger partial charge in [0.1, 0.15) is 12.4 Å². The van der Waals surface area contributed by atoms with E-state index in [0.717, 1.165) is 11.3 Å². The fourth-order valence-electron chi connectivity index (χ4n) is 2.26. The third kappa shape index (κ3) is 3.62. The van der Waals surface area contributed by atoms with Crippen LogP contribution < -0.4 is 4.80 Å². The molecule has 5 nitrogen and oxygen atoms in total. The van der Waals surface area contributed by atoms with Crippen molar-refractivity contribution in [2.24, 2.45) is 4.99 Å². The van der Waals surface area contributed by atoms with Crippen molar-refractivity contribution in [3.63, 3.8) is 0 Å². The molecule has 8 heteroatoms. The van der Waals surface area contributed by atoms with Gasteiger partial charge in [-0.2, -0.15) is 4.99 Å². The van der Waals surface area contributed by atoms with E-state index in [-0.39, 0.29) is 21.9 Å². The largest absolute Gasteiger partial charge is 0.468 e. The van der Waals surface area contributed by atoms with E-state index in [1.54, 1.807) is 24.3 Å². The van der Waals surface area contributed by atoms with Gasteiger partial charge in [-0.25, -0.2) is 4.39 Å². The first-order valence-corrected chi connectivity index (χ1v) is 8.38. The summed E-state index contributed by atoms with van der Waals surface area (Å²) < 4.78 is 20.2. The Labute approximate surface area is 151 Å². The molecule has 1 aromatic heterocycles. The molecule has 0 spiro atoms. The maximum absolute atomic E-state index is 13.5. The summed E-state index contributed by atoms with van der Waals surface area (Å²) in [5.74, 6) is -1.46. The van der Waals surface area contributed by atoms with E-state index in [0.29, 0.717) is 10.2 Å². The van der Waals surface area contributed by atoms with Gasteiger partial charge in [-0.05, 0) is 30.3 Å². The molecule has 0 aliphatic rings. The van der Waals surface area contributed by atoms with E-state index in [1.807, 2.05) is 0 Å². The van der Waals surface area contributed by atoms with E-state index in [9.17, 15) is 14.0 Å². The third-order valence-electron chi connectivity index (χ3n) is 3.46. The second kappa shape index (κ2) is 7.16. The SMILES string of the molecule is COC(=O)Cn1c(=NC(=O)c2ccccc2Cl)sc2cc(F)ccc21. The van der Waals surface area contributed by atoms with Gasteiger partial charge < -0.3 is 9.30 Å². The fraction of sp³-hybridized carbons (Fsp3) is 0.118. The van der Waals surface area contributed by atoms with E-state index >= 15 is 0 Å². The zero-order valence-electron chi connectivity index (χ0n) is 13.0. The molecule has 0 fully saturated rings. The van der Waals surface area contributed by atoms with Gasteiger partial charge in [-0.1, -0.05) is 35.1 Å². The topological polar surface area (TPSA) is 60.7 Å². The summed E-state index contributed by atoms with van der Waals surface area (Å²) in [6, 6.07) is 10.7. The Hall–Kier alpha value is -2.51. The van der Waals surface area contributed by atoms with Gasteiger partial charge in [0.2, 0.25) is 0 Å². The highest BCUT2D eigenvalue weighted by molar-refractivity contribution is 7.16. The molecule has 128 valence electrons. The molecule has 0 saturated carbocycles. The third-order valence-corrected chi connectivity index (χ3v) is 4.83. The minimum atomic E-state index is -0.545. The molecule has 0 bridgehead atoms. The van der Waals surface area contributed by atoms with Crippen molar-refractivity contribution in [1.82, 2.24) is 4.57 Å². The van der Waals surface area contributed by atoms with Crippen LogP contribution in [-0.4, -0.2) is 23.6 Å². The number of rotatable bonds is 3. The van der Waals surface area contributed by atoms with E-state index in [4.69, 9.17) is 11.6 Å². The minimum absolute atomic E-state index is 0.142. The van der Waals surface area contributed by atoms with Crippen LogP contribution in [0.5, 0.6) is 0 Å². The fourth-order valence-corrected chi connectivity index (χ4v) is 3.53. The van der Waals surface area contributed by atoms with Crippen molar-refractivity contribution in [3.05, 3.63) is 63.7 Å². The summed E-state index contributed by atoms with van der Waals surface area (Å²) in [6.07, 6.45) is 0. The quantitative estimate of drug-likeness (QED) is 0.656. The summed E-state index contributed by atoms with van der Waals surface area (Å²) in [5.41, 5.74) is 0.833. The minimum Gasteiger partial charge on any atom is -0.468 e. The molecule has 0 aliphatic carbocycles. The van der Waals surface area contributed by atoms with Crippen LogP contribution in [0.2, 0.25) is 5.02 Å². The molecule has 3 aromatic rings. The number of esters is 1.